The van der Waals surface area contributed by atoms with Crippen molar-refractivity contribution in [3.63, 3.8) is 0 Å². The Morgan fingerprint density at radius 3 is 1.92 bits per heavy atom. The van der Waals surface area contributed by atoms with Gasteiger partial charge in [0.15, 0.2) is 16.7 Å². The largest absolute Gasteiger partial charge is 0.481 e. The summed E-state index contributed by atoms with van der Waals surface area (Å²) in [6, 6.07) is -19.3. The van der Waals surface area contributed by atoms with Gasteiger partial charge in [-0.3, -0.25) is 88.0 Å². The first-order chi connectivity index (χ1) is 50.6. The van der Waals surface area contributed by atoms with E-state index in [1.54, 1.807) is 34.6 Å². The van der Waals surface area contributed by atoms with Gasteiger partial charge in [0, 0.05) is 31.9 Å². The maximum Gasteiger partial charge on any atom is 0.329 e. The lowest BCUT2D eigenvalue weighted by Crippen LogP contribution is -2.61. The Morgan fingerprint density at radius 2 is 1.31 bits per heavy atom. The van der Waals surface area contributed by atoms with Crippen LogP contribution in [-0.4, -0.2) is 254 Å². The molecule has 4 aliphatic rings. The van der Waals surface area contributed by atoms with Crippen LogP contribution < -0.4 is 80.6 Å². The number of hydrogen-bond donors (Lipinski definition) is 19. The van der Waals surface area contributed by atoms with Crippen LogP contribution in [0.3, 0.4) is 0 Å². The molecule has 0 radical (unpaired) electrons. The van der Waals surface area contributed by atoms with Gasteiger partial charge in [0.05, 0.1) is 19.6 Å². The number of rotatable bonds is 30. The molecule has 0 aliphatic carbocycles. The molecular weight excluding hydrogens is 1440 g/mol. The monoisotopic (exact) mass is 1550 g/mol. The van der Waals surface area contributed by atoms with E-state index in [0.29, 0.717) is 53.6 Å². The highest BCUT2D eigenvalue weighted by Crippen LogP contribution is 2.32. The summed E-state index contributed by atoms with van der Waals surface area (Å²) in [5.74, 6) is -17.4. The number of fused-ring (bicyclic) bond motifs is 1. The molecule has 4 aliphatic heterocycles. The number of nitrogens with zero attached hydrogens (tertiary/aromatic N) is 3. The summed E-state index contributed by atoms with van der Waals surface area (Å²) in [6.45, 7) is 12.8. The number of aliphatic hydroxyl groups excluding tert-OH is 2. The van der Waals surface area contributed by atoms with E-state index in [2.05, 4.69) is 58.5 Å². The van der Waals surface area contributed by atoms with Gasteiger partial charge in [0.2, 0.25) is 65.0 Å². The standard InChI is InChI=1S/C66H107N19O20S2/c1-10-33(6)46(76-54(96)43-20-15-24-83(43)62(102)44-21-17-26-85(44)61(101)40(28-32(4)5)74-50(92)38(67)30-87)55(97)79-60-58(100)77-48(35(8)12-3)63(103)84-25-16-19-42(84)53(95)73-39(29-45(89)90)51(93)71-36(9)49(91)81-66(105)82-65(104)78-47(34(7)11-2)56(98)80-59(106-107-60)57(99)75-41(31-88)52(94)72-37(22-27-86)18-13-14-23-70-64(68)69/h22,27,32-36,38-44,46-48,59-60,87-88H,10-21,23-26,28-31,67H2,1-9H3,(H,71,93)(H,72,94)(H,73,95)(H,74,92)(H,75,99)(H,76,96)(H,77,100)(H,79,97)(H,80,98)(H,89,90)(H4,68,69,70)(H3,78,81,82,91,104,105)/b37-22+/t33-,34-,35-,36-,38-,39+,40-,41-,42-,43-,44-,46-,47-,48-,59-,60-/m0/s1. The van der Waals surface area contributed by atoms with E-state index < -0.39 is 209 Å². The van der Waals surface area contributed by atoms with Gasteiger partial charge in [0.1, 0.15) is 72.7 Å². The topological polar surface area (TPSA) is 593 Å². The molecule has 4 heterocycles. The number of imide groups is 2. The number of likely N-dealkylation sites (tertiary alicyclic amines) is 2. The molecule has 39 nitrogen and oxygen atoms in total. The first-order valence-corrected chi connectivity index (χ1v) is 38.1. The van der Waals surface area contributed by atoms with Crippen molar-refractivity contribution in [2.24, 2.45) is 35.1 Å². The number of aldehydes is 1. The predicted molar refractivity (Wildman–Crippen MR) is 388 cm³/mol. The van der Waals surface area contributed by atoms with Gasteiger partial charge in [-0.05, 0) is 101 Å². The number of nitrogens with two attached hydrogens (primary N) is 2. The van der Waals surface area contributed by atoms with Gasteiger partial charge in [-0.2, -0.15) is 0 Å². The Hall–Kier alpha value is -9.22. The smallest absolute Gasteiger partial charge is 0.329 e. The second-order valence-corrected chi connectivity index (χ2v) is 29.8. The normalized spacial score (nSPS) is 24.6. The van der Waals surface area contributed by atoms with Crippen LogP contribution in [0.15, 0.2) is 11.8 Å². The number of carbonyl (C=O) groups is 17. The van der Waals surface area contributed by atoms with E-state index in [1.165, 1.54) is 16.7 Å². The number of amides is 17. The molecule has 41 heteroatoms. The highest BCUT2D eigenvalue weighted by molar-refractivity contribution is 8.77. The molecule has 21 N–H and O–H groups in total. The Balaban J connectivity index is 1.88. The molecule has 107 heavy (non-hydrogen) atoms. The molecule has 0 aromatic rings. The lowest BCUT2D eigenvalue weighted by molar-refractivity contribution is -0.148. The molecular formula is C66H107N19O20S2. The number of nitrogens with one attached hydrogen (secondary N) is 14. The van der Waals surface area contributed by atoms with E-state index in [0.717, 1.165) is 17.9 Å². The summed E-state index contributed by atoms with van der Waals surface area (Å²) in [7, 11) is 0.716. The van der Waals surface area contributed by atoms with Crippen molar-refractivity contribution < 1.29 is 96.8 Å². The van der Waals surface area contributed by atoms with Gasteiger partial charge in [-0.1, -0.05) is 96.2 Å². The third-order valence-electron chi connectivity index (χ3n) is 18.8. The molecule has 4 saturated heterocycles. The van der Waals surface area contributed by atoms with Crippen LogP contribution in [0.25, 0.3) is 0 Å². The van der Waals surface area contributed by atoms with Crippen LogP contribution >= 0.6 is 21.6 Å². The minimum absolute atomic E-state index is 0.0351. The maximum atomic E-state index is 15.4. The first kappa shape index (κ1) is 90.2. The third kappa shape index (κ3) is 27.2. The number of guanidine groups is 1. The Bertz CT molecular complexity index is 3280. The van der Waals surface area contributed by atoms with E-state index in [9.17, 15) is 82.4 Å². The molecule has 0 bridgehead atoms. The summed E-state index contributed by atoms with van der Waals surface area (Å²) in [6.07, 6.45) is 2.86. The number of unbranched alkanes of at least 4 members (excludes halogenated alkanes) is 1. The molecule has 4 fully saturated rings. The van der Waals surface area contributed by atoms with E-state index in [-0.39, 0.29) is 102 Å². The molecule has 0 spiro atoms. The second-order valence-electron chi connectivity index (χ2n) is 27.3. The Labute approximate surface area is 627 Å². The number of carbonyl (C=O) groups excluding carboxylic acids is 16. The summed E-state index contributed by atoms with van der Waals surface area (Å²) in [5.41, 5.74) is 11.2. The number of allylic oxidation sites excluding steroid dienone is 2. The molecule has 0 aromatic heterocycles. The Kier molecular flexibility index (Phi) is 37.2. The van der Waals surface area contributed by atoms with Crippen LogP contribution in [0, 0.1) is 29.1 Å². The van der Waals surface area contributed by atoms with Crippen molar-refractivity contribution in [3.8, 4) is 0 Å². The minimum Gasteiger partial charge on any atom is -0.481 e. The van der Waals surface area contributed by atoms with Crippen molar-refractivity contribution in [1.82, 2.24) is 83.8 Å². The van der Waals surface area contributed by atoms with Crippen LogP contribution in [-0.2, 0) is 71.9 Å². The van der Waals surface area contributed by atoms with Crippen molar-refractivity contribution in [2.45, 2.75) is 229 Å². The summed E-state index contributed by atoms with van der Waals surface area (Å²) in [5, 5.41) is 64.4. The molecule has 0 unspecified atom stereocenters. The van der Waals surface area contributed by atoms with Crippen molar-refractivity contribution in [2.75, 3.05) is 39.4 Å². The number of carboxylic acids is 1. The van der Waals surface area contributed by atoms with E-state index in [1.807, 2.05) is 24.5 Å². The quantitative estimate of drug-likeness (QED) is 0.00812. The predicted octanol–water partition coefficient (Wildman–Crippen LogP) is -4.10. The number of aliphatic carboxylic acids is 1. The van der Waals surface area contributed by atoms with E-state index in [4.69, 9.17) is 16.9 Å². The molecule has 4 rings (SSSR count). The molecule has 0 aromatic carbocycles. The summed E-state index contributed by atoms with van der Waals surface area (Å²) < 4.78 is 0. The van der Waals surface area contributed by atoms with Crippen molar-refractivity contribution in [1.29, 1.82) is 5.41 Å². The third-order valence-corrected chi connectivity index (χ3v) is 21.4. The molecule has 598 valence electrons. The number of carboxylic acid groups (broad SMARTS) is 1. The average Bonchev–Trinajstić information content (AvgIpc) is 1.69. The molecule has 16 atom stereocenters. The van der Waals surface area contributed by atoms with Crippen molar-refractivity contribution in [3.05, 3.63) is 11.8 Å². The zero-order valence-corrected chi connectivity index (χ0v) is 63.3. The van der Waals surface area contributed by atoms with E-state index >= 15 is 14.4 Å². The molecule has 17 amide bonds. The Morgan fingerprint density at radius 1 is 0.664 bits per heavy atom. The number of hydrogen-bond acceptors (Lipinski definition) is 23. The first-order valence-electron chi connectivity index (χ1n) is 35.9. The van der Waals surface area contributed by atoms with Crippen LogP contribution in [0.4, 0.5) is 9.59 Å². The fourth-order valence-corrected chi connectivity index (χ4v) is 14.4. The SMILES string of the molecule is CC[C@H](C)[C@@H]1NC(=O)NC(=O)NC(=O)[C@H](C)NC(=O)[C@@H](CC(=O)O)NC(=O)[C@@H]2CCCN2C(=O)[C@H]([C@@H](C)CC)NC(=O)[C@@H](NC(=O)[C@@H](NC(=O)[C@@H]2CCCN2C(=O)[C@@H]2CCCN2C(=O)[C@H](CC(C)C)NC(=O)[C@@H](N)CO)[C@@H](C)CC)SS[C@@H](C(=O)N[C@@H](CO)C(=O)N/C(=C/C=O)CCCCNC(=N)N)NC1=O. The minimum atomic E-state index is -2.05. The zero-order chi connectivity index (χ0) is 80.1. The fraction of sp³-hybridized carbons (Fsp3) is 0.697. The highest BCUT2D eigenvalue weighted by Gasteiger charge is 2.47. The van der Waals surface area contributed by atoms with Crippen LogP contribution in [0.1, 0.15) is 152 Å². The second kappa shape index (κ2) is 44.2. The number of urea groups is 2. The van der Waals surface area contributed by atoms with Gasteiger partial charge in [-0.15, -0.1) is 0 Å². The zero-order valence-electron chi connectivity index (χ0n) is 61.7. The van der Waals surface area contributed by atoms with Gasteiger partial charge in [0.25, 0.3) is 11.8 Å². The number of aliphatic hydroxyl groups is 2. The van der Waals surface area contributed by atoms with Crippen LogP contribution in [0.5, 0.6) is 0 Å². The van der Waals surface area contributed by atoms with Gasteiger partial charge in [-0.25, -0.2) is 9.59 Å². The lowest BCUT2D eigenvalue weighted by Gasteiger charge is -2.34. The fourth-order valence-electron chi connectivity index (χ4n) is 12.1. The van der Waals surface area contributed by atoms with Crippen LogP contribution in [0.2, 0.25) is 0 Å². The summed E-state index contributed by atoms with van der Waals surface area (Å²) in [4.78, 5) is 242. The summed E-state index contributed by atoms with van der Waals surface area (Å²) >= 11 is 0. The molecule has 0 saturated carbocycles. The average molecular weight is 1550 g/mol. The van der Waals surface area contributed by atoms with Gasteiger partial charge >= 0.3 is 18.0 Å². The van der Waals surface area contributed by atoms with Gasteiger partial charge < -0.3 is 100.0 Å². The lowest BCUT2D eigenvalue weighted by atomic mass is 9.97. The maximum absolute atomic E-state index is 15.4. The highest BCUT2D eigenvalue weighted by atomic mass is 33.1. The van der Waals surface area contributed by atoms with Crippen molar-refractivity contribution >= 4 is 129 Å².